The van der Waals surface area contributed by atoms with Crippen LogP contribution in [0.2, 0.25) is 0 Å². The van der Waals surface area contributed by atoms with E-state index in [2.05, 4.69) is 0 Å². The fraction of sp³-hybridized carbons (Fsp3) is 0.105. The summed E-state index contributed by atoms with van der Waals surface area (Å²) in [6.07, 6.45) is 0.558. The van der Waals surface area contributed by atoms with Crippen LogP contribution in [-0.2, 0) is 6.42 Å². The third kappa shape index (κ3) is 2.86. The standard InChI is InChI=1S/C19H17NO/c20-18(13-14-7-2-1-3-8-14)19(21)17-12-6-10-15-9-4-5-11-16(15)17/h1-12,18H,13,20H2. The summed E-state index contributed by atoms with van der Waals surface area (Å²) in [6.45, 7) is 0. The molecule has 0 aliphatic heterocycles. The summed E-state index contributed by atoms with van der Waals surface area (Å²) in [7, 11) is 0. The van der Waals surface area contributed by atoms with E-state index in [4.69, 9.17) is 5.73 Å². The minimum atomic E-state index is -0.516. The monoisotopic (exact) mass is 275 g/mol. The van der Waals surface area contributed by atoms with Crippen LogP contribution in [0.4, 0.5) is 0 Å². The maximum atomic E-state index is 12.6. The fourth-order valence-corrected chi connectivity index (χ4v) is 2.60. The lowest BCUT2D eigenvalue weighted by Gasteiger charge is -2.12. The number of hydrogen-bond donors (Lipinski definition) is 1. The van der Waals surface area contributed by atoms with Crippen molar-refractivity contribution in [2.24, 2.45) is 5.73 Å². The first kappa shape index (κ1) is 13.5. The molecular weight excluding hydrogens is 258 g/mol. The van der Waals surface area contributed by atoms with Gasteiger partial charge in [0.2, 0.25) is 0 Å². The Labute approximate surface area is 124 Å². The molecule has 0 heterocycles. The predicted molar refractivity (Wildman–Crippen MR) is 86.4 cm³/mol. The summed E-state index contributed by atoms with van der Waals surface area (Å²) >= 11 is 0. The summed E-state index contributed by atoms with van der Waals surface area (Å²) in [5.41, 5.74) is 7.91. The second-order valence-electron chi connectivity index (χ2n) is 5.19. The Hall–Kier alpha value is -2.45. The van der Waals surface area contributed by atoms with Crippen molar-refractivity contribution < 1.29 is 4.79 Å². The molecule has 3 aromatic carbocycles. The zero-order valence-electron chi connectivity index (χ0n) is 11.7. The first-order valence-corrected chi connectivity index (χ1v) is 7.07. The molecular formula is C19H17NO. The molecule has 1 atom stereocenters. The zero-order valence-corrected chi connectivity index (χ0v) is 11.7. The second-order valence-corrected chi connectivity index (χ2v) is 5.19. The van der Waals surface area contributed by atoms with Crippen LogP contribution in [0, 0.1) is 0 Å². The molecule has 0 spiro atoms. The Morgan fingerprint density at radius 2 is 1.52 bits per heavy atom. The highest BCUT2D eigenvalue weighted by Gasteiger charge is 2.18. The van der Waals surface area contributed by atoms with Gasteiger partial charge in [-0.3, -0.25) is 4.79 Å². The van der Waals surface area contributed by atoms with Crippen molar-refractivity contribution in [3.63, 3.8) is 0 Å². The summed E-state index contributed by atoms with van der Waals surface area (Å²) in [5.74, 6) is -0.00402. The molecule has 3 aromatic rings. The first-order valence-electron chi connectivity index (χ1n) is 7.07. The third-order valence-corrected chi connectivity index (χ3v) is 3.69. The van der Waals surface area contributed by atoms with Gasteiger partial charge in [0.25, 0.3) is 0 Å². The number of benzene rings is 3. The normalized spacial score (nSPS) is 12.2. The first-order chi connectivity index (χ1) is 10.3. The van der Waals surface area contributed by atoms with E-state index in [9.17, 15) is 4.79 Å². The molecule has 2 N–H and O–H groups in total. The number of fused-ring (bicyclic) bond motifs is 1. The molecule has 1 unspecified atom stereocenters. The molecule has 104 valence electrons. The van der Waals surface area contributed by atoms with E-state index >= 15 is 0 Å². The number of Topliss-reactive ketones (excluding diaryl/α,β-unsaturated/α-hetero) is 1. The van der Waals surface area contributed by atoms with Crippen molar-refractivity contribution in [1.29, 1.82) is 0 Å². The Morgan fingerprint density at radius 3 is 2.33 bits per heavy atom. The average molecular weight is 275 g/mol. The summed E-state index contributed by atoms with van der Waals surface area (Å²) in [6, 6.07) is 23.0. The van der Waals surface area contributed by atoms with E-state index < -0.39 is 6.04 Å². The van der Waals surface area contributed by atoms with Crippen LogP contribution in [-0.4, -0.2) is 11.8 Å². The maximum Gasteiger partial charge on any atom is 0.180 e. The van der Waals surface area contributed by atoms with Gasteiger partial charge in [-0.25, -0.2) is 0 Å². The fourth-order valence-electron chi connectivity index (χ4n) is 2.60. The van der Waals surface area contributed by atoms with E-state index in [0.29, 0.717) is 12.0 Å². The molecule has 2 nitrogen and oxygen atoms in total. The number of hydrogen-bond acceptors (Lipinski definition) is 2. The van der Waals surface area contributed by atoms with Crippen LogP contribution < -0.4 is 5.73 Å². The van der Waals surface area contributed by atoms with Crippen LogP contribution in [0.3, 0.4) is 0 Å². The molecule has 0 amide bonds. The molecule has 2 heteroatoms. The van der Waals surface area contributed by atoms with Crippen molar-refractivity contribution in [3.05, 3.63) is 83.9 Å². The molecule has 0 saturated carbocycles. The van der Waals surface area contributed by atoms with Crippen LogP contribution in [0.25, 0.3) is 10.8 Å². The molecule has 21 heavy (non-hydrogen) atoms. The predicted octanol–water partition coefficient (Wildman–Crippen LogP) is 3.59. The number of nitrogens with two attached hydrogens (primary N) is 1. The highest BCUT2D eigenvalue weighted by Crippen LogP contribution is 2.20. The van der Waals surface area contributed by atoms with Gasteiger partial charge in [0, 0.05) is 5.56 Å². The van der Waals surface area contributed by atoms with Gasteiger partial charge in [-0.05, 0) is 22.8 Å². The number of carbonyl (C=O) groups excluding carboxylic acids is 1. The average Bonchev–Trinajstić information content (AvgIpc) is 2.54. The smallest absolute Gasteiger partial charge is 0.180 e. The van der Waals surface area contributed by atoms with Crippen LogP contribution in [0.1, 0.15) is 15.9 Å². The summed E-state index contributed by atoms with van der Waals surface area (Å²) in [4.78, 5) is 12.6. The lowest BCUT2D eigenvalue weighted by molar-refractivity contribution is 0.0962. The Bertz CT molecular complexity index is 759. The van der Waals surface area contributed by atoms with Gasteiger partial charge in [-0.2, -0.15) is 0 Å². The van der Waals surface area contributed by atoms with Crippen LogP contribution >= 0.6 is 0 Å². The van der Waals surface area contributed by atoms with E-state index in [0.717, 1.165) is 16.3 Å². The second kappa shape index (κ2) is 5.90. The van der Waals surface area contributed by atoms with Crippen LogP contribution in [0.15, 0.2) is 72.8 Å². The molecule has 0 aliphatic rings. The Morgan fingerprint density at radius 1 is 0.857 bits per heavy atom. The Kier molecular flexibility index (Phi) is 3.80. The minimum Gasteiger partial charge on any atom is -0.321 e. The maximum absolute atomic E-state index is 12.6. The highest BCUT2D eigenvalue weighted by atomic mass is 16.1. The number of carbonyl (C=O) groups is 1. The minimum absolute atomic E-state index is 0.00402. The van der Waals surface area contributed by atoms with Crippen molar-refractivity contribution in [2.75, 3.05) is 0 Å². The lowest BCUT2D eigenvalue weighted by atomic mass is 9.94. The van der Waals surface area contributed by atoms with Crippen molar-refractivity contribution >= 4 is 16.6 Å². The van der Waals surface area contributed by atoms with E-state index in [-0.39, 0.29) is 5.78 Å². The Balaban J connectivity index is 1.90. The summed E-state index contributed by atoms with van der Waals surface area (Å²) < 4.78 is 0. The third-order valence-electron chi connectivity index (χ3n) is 3.69. The largest absolute Gasteiger partial charge is 0.321 e. The quantitative estimate of drug-likeness (QED) is 0.739. The van der Waals surface area contributed by atoms with Gasteiger partial charge in [-0.15, -0.1) is 0 Å². The molecule has 0 aromatic heterocycles. The molecule has 0 aliphatic carbocycles. The van der Waals surface area contributed by atoms with Crippen molar-refractivity contribution in [3.8, 4) is 0 Å². The van der Waals surface area contributed by atoms with Crippen molar-refractivity contribution in [1.82, 2.24) is 0 Å². The molecule has 0 fully saturated rings. The van der Waals surface area contributed by atoms with Gasteiger partial charge in [-0.1, -0.05) is 72.8 Å². The van der Waals surface area contributed by atoms with Gasteiger partial charge in [0.05, 0.1) is 6.04 Å². The number of ketones is 1. The van der Waals surface area contributed by atoms with E-state index in [1.807, 2.05) is 72.8 Å². The lowest BCUT2D eigenvalue weighted by Crippen LogP contribution is -2.32. The molecule has 3 rings (SSSR count). The summed E-state index contributed by atoms with van der Waals surface area (Å²) in [5, 5.41) is 2.03. The SMILES string of the molecule is NC(Cc1ccccc1)C(=O)c1cccc2ccccc12. The molecule has 0 saturated heterocycles. The van der Waals surface area contributed by atoms with Crippen LogP contribution in [0.5, 0.6) is 0 Å². The van der Waals surface area contributed by atoms with E-state index in [1.54, 1.807) is 0 Å². The van der Waals surface area contributed by atoms with Gasteiger partial charge in [0.1, 0.15) is 0 Å². The highest BCUT2D eigenvalue weighted by molar-refractivity contribution is 6.10. The van der Waals surface area contributed by atoms with Crippen molar-refractivity contribution in [2.45, 2.75) is 12.5 Å². The topological polar surface area (TPSA) is 43.1 Å². The molecule has 0 radical (unpaired) electrons. The van der Waals surface area contributed by atoms with Gasteiger partial charge < -0.3 is 5.73 Å². The van der Waals surface area contributed by atoms with E-state index in [1.165, 1.54) is 0 Å². The van der Waals surface area contributed by atoms with Gasteiger partial charge in [0.15, 0.2) is 5.78 Å². The van der Waals surface area contributed by atoms with Gasteiger partial charge >= 0.3 is 0 Å². The number of rotatable bonds is 4. The molecule has 0 bridgehead atoms. The zero-order chi connectivity index (χ0) is 14.7.